The molecule has 16 heavy (non-hydrogen) atoms. The highest BCUT2D eigenvalue weighted by atomic mass is 15.2. The lowest BCUT2D eigenvalue weighted by atomic mass is 10.4. The Kier molecular flexibility index (Phi) is 3.72. The van der Waals surface area contributed by atoms with E-state index in [0.29, 0.717) is 0 Å². The van der Waals surface area contributed by atoms with Crippen LogP contribution < -0.4 is 4.90 Å². The van der Waals surface area contributed by atoms with E-state index in [1.807, 2.05) is 19.3 Å². The van der Waals surface area contributed by atoms with Crippen LogP contribution in [-0.2, 0) is 0 Å². The Morgan fingerprint density at radius 1 is 1.12 bits per heavy atom. The van der Waals surface area contributed by atoms with Gasteiger partial charge in [-0.05, 0) is 26.4 Å². The summed E-state index contributed by atoms with van der Waals surface area (Å²) in [6.07, 6.45) is 4.94. The summed E-state index contributed by atoms with van der Waals surface area (Å²) in [6.45, 7) is 9.82. The Balaban J connectivity index is 2.02. The molecule has 2 heterocycles. The van der Waals surface area contributed by atoms with Crippen LogP contribution in [0, 0.1) is 6.92 Å². The van der Waals surface area contributed by atoms with E-state index in [2.05, 4.69) is 26.7 Å². The van der Waals surface area contributed by atoms with Crippen LogP contribution in [0.5, 0.6) is 0 Å². The van der Waals surface area contributed by atoms with Gasteiger partial charge in [0, 0.05) is 19.6 Å². The Labute approximate surface area is 97.3 Å². The first-order chi connectivity index (χ1) is 7.79. The van der Waals surface area contributed by atoms with E-state index in [4.69, 9.17) is 0 Å². The summed E-state index contributed by atoms with van der Waals surface area (Å²) in [5.41, 5.74) is 0.980. The van der Waals surface area contributed by atoms with Crippen LogP contribution in [0.1, 0.15) is 19.0 Å². The summed E-state index contributed by atoms with van der Waals surface area (Å²) in [7, 11) is 0. The largest absolute Gasteiger partial charge is 0.354 e. The number of nitrogens with zero attached hydrogens (tertiary/aromatic N) is 4. The van der Waals surface area contributed by atoms with Crippen LogP contribution in [0.2, 0.25) is 0 Å². The molecule has 1 aliphatic heterocycles. The normalized spacial score (nSPS) is 18.5. The minimum Gasteiger partial charge on any atom is -0.354 e. The molecule has 0 aliphatic carbocycles. The van der Waals surface area contributed by atoms with Crippen LogP contribution >= 0.6 is 0 Å². The van der Waals surface area contributed by atoms with Gasteiger partial charge in [0.1, 0.15) is 5.82 Å². The molecule has 4 heteroatoms. The molecular weight excluding hydrogens is 200 g/mol. The number of likely N-dealkylation sites (N-methyl/N-ethyl adjacent to an activating group) is 1. The molecule has 0 spiro atoms. The molecule has 0 unspecified atom stereocenters. The molecular formula is C12H20N4. The van der Waals surface area contributed by atoms with Crippen molar-refractivity contribution in [2.75, 3.05) is 37.6 Å². The summed E-state index contributed by atoms with van der Waals surface area (Å²) < 4.78 is 0. The zero-order valence-corrected chi connectivity index (χ0v) is 10.2. The van der Waals surface area contributed by atoms with Crippen molar-refractivity contribution in [3.63, 3.8) is 0 Å². The van der Waals surface area contributed by atoms with E-state index in [-0.39, 0.29) is 0 Å². The summed E-state index contributed by atoms with van der Waals surface area (Å²) in [5, 5.41) is 0. The second kappa shape index (κ2) is 5.25. The van der Waals surface area contributed by atoms with Gasteiger partial charge in [-0.15, -0.1) is 0 Å². The molecule has 1 aromatic heterocycles. The molecule has 0 amide bonds. The monoisotopic (exact) mass is 220 g/mol. The number of anilines is 1. The quantitative estimate of drug-likeness (QED) is 0.752. The molecule has 0 radical (unpaired) electrons. The van der Waals surface area contributed by atoms with Crippen molar-refractivity contribution >= 4 is 5.82 Å². The molecule has 1 aromatic rings. The topological polar surface area (TPSA) is 32.3 Å². The minimum absolute atomic E-state index is 0.980. The summed E-state index contributed by atoms with van der Waals surface area (Å²) >= 11 is 0. The molecule has 0 N–H and O–H groups in total. The Hall–Kier alpha value is -1.16. The fraction of sp³-hybridized carbons (Fsp3) is 0.667. The molecule has 1 fully saturated rings. The maximum Gasteiger partial charge on any atom is 0.147 e. The highest BCUT2D eigenvalue weighted by Crippen LogP contribution is 2.12. The molecule has 4 nitrogen and oxygen atoms in total. The number of hydrogen-bond donors (Lipinski definition) is 0. The Morgan fingerprint density at radius 2 is 2.00 bits per heavy atom. The van der Waals surface area contributed by atoms with Gasteiger partial charge >= 0.3 is 0 Å². The predicted octanol–water partition coefficient (Wildman–Crippen LogP) is 1.32. The fourth-order valence-electron chi connectivity index (χ4n) is 2.07. The zero-order valence-electron chi connectivity index (χ0n) is 10.2. The van der Waals surface area contributed by atoms with Gasteiger partial charge in [-0.2, -0.15) is 0 Å². The van der Waals surface area contributed by atoms with E-state index >= 15 is 0 Å². The van der Waals surface area contributed by atoms with Crippen molar-refractivity contribution in [1.82, 2.24) is 14.9 Å². The smallest absolute Gasteiger partial charge is 0.147 e. The van der Waals surface area contributed by atoms with Gasteiger partial charge < -0.3 is 9.80 Å². The molecule has 88 valence electrons. The average molecular weight is 220 g/mol. The molecule has 0 atom stereocenters. The lowest BCUT2D eigenvalue weighted by molar-refractivity contribution is 0.310. The summed E-state index contributed by atoms with van der Waals surface area (Å²) in [5.74, 6) is 1.02. The Bertz CT molecular complexity index is 322. The van der Waals surface area contributed by atoms with Crippen molar-refractivity contribution in [1.29, 1.82) is 0 Å². The first-order valence-corrected chi connectivity index (χ1v) is 6.05. The van der Waals surface area contributed by atoms with E-state index in [0.717, 1.165) is 37.7 Å². The van der Waals surface area contributed by atoms with Gasteiger partial charge in [0.2, 0.25) is 0 Å². The fourth-order valence-corrected chi connectivity index (χ4v) is 2.07. The first kappa shape index (κ1) is 11.3. The van der Waals surface area contributed by atoms with Gasteiger partial charge in [0.25, 0.3) is 0 Å². The highest BCUT2D eigenvalue weighted by molar-refractivity contribution is 5.35. The van der Waals surface area contributed by atoms with Gasteiger partial charge in [-0.3, -0.25) is 4.98 Å². The van der Waals surface area contributed by atoms with Crippen LogP contribution in [0.15, 0.2) is 12.4 Å². The van der Waals surface area contributed by atoms with Crippen LogP contribution in [0.4, 0.5) is 5.82 Å². The molecule has 0 aromatic carbocycles. The van der Waals surface area contributed by atoms with Gasteiger partial charge in [-0.25, -0.2) is 4.98 Å². The van der Waals surface area contributed by atoms with Crippen molar-refractivity contribution in [3.05, 3.63) is 18.1 Å². The zero-order chi connectivity index (χ0) is 11.4. The Morgan fingerprint density at radius 3 is 2.69 bits per heavy atom. The second-order valence-electron chi connectivity index (χ2n) is 4.29. The predicted molar refractivity (Wildman–Crippen MR) is 65.7 cm³/mol. The summed E-state index contributed by atoms with van der Waals surface area (Å²) in [6, 6.07) is 0. The van der Waals surface area contributed by atoms with Crippen molar-refractivity contribution in [3.8, 4) is 0 Å². The van der Waals surface area contributed by atoms with Gasteiger partial charge in [0.15, 0.2) is 0 Å². The summed E-state index contributed by atoms with van der Waals surface area (Å²) in [4.78, 5) is 13.6. The van der Waals surface area contributed by atoms with Crippen LogP contribution in [-0.4, -0.2) is 47.6 Å². The second-order valence-corrected chi connectivity index (χ2v) is 4.29. The van der Waals surface area contributed by atoms with Crippen molar-refractivity contribution in [2.45, 2.75) is 20.3 Å². The molecule has 1 aliphatic rings. The van der Waals surface area contributed by atoms with Gasteiger partial charge in [-0.1, -0.05) is 6.92 Å². The first-order valence-electron chi connectivity index (χ1n) is 6.05. The maximum absolute atomic E-state index is 4.44. The number of hydrogen-bond acceptors (Lipinski definition) is 4. The van der Waals surface area contributed by atoms with Crippen LogP contribution in [0.25, 0.3) is 0 Å². The van der Waals surface area contributed by atoms with E-state index in [9.17, 15) is 0 Å². The number of aryl methyl sites for hydroxylation is 1. The van der Waals surface area contributed by atoms with Crippen molar-refractivity contribution < 1.29 is 0 Å². The van der Waals surface area contributed by atoms with E-state index < -0.39 is 0 Å². The highest BCUT2D eigenvalue weighted by Gasteiger charge is 2.14. The molecule has 0 saturated carbocycles. The lowest BCUT2D eigenvalue weighted by Crippen LogP contribution is -2.31. The third-order valence-electron chi connectivity index (χ3n) is 3.13. The van der Waals surface area contributed by atoms with Crippen molar-refractivity contribution in [2.24, 2.45) is 0 Å². The third kappa shape index (κ3) is 2.70. The van der Waals surface area contributed by atoms with Gasteiger partial charge in [0.05, 0.1) is 18.1 Å². The maximum atomic E-state index is 4.44. The number of rotatable bonds is 2. The SMILES string of the molecule is CCN1CCCN(c2cnc(C)cn2)CC1. The number of aromatic nitrogens is 2. The van der Waals surface area contributed by atoms with Crippen LogP contribution in [0.3, 0.4) is 0 Å². The molecule has 2 rings (SSSR count). The lowest BCUT2D eigenvalue weighted by Gasteiger charge is -2.21. The van der Waals surface area contributed by atoms with E-state index in [1.54, 1.807) is 0 Å². The standard InChI is InChI=1S/C12H20N4/c1-3-15-5-4-6-16(8-7-15)12-10-13-11(2)9-14-12/h9-10H,3-8H2,1-2H3. The van der Waals surface area contributed by atoms with E-state index in [1.165, 1.54) is 13.0 Å². The molecule has 0 bridgehead atoms. The molecule has 1 saturated heterocycles. The average Bonchev–Trinajstić information content (AvgIpc) is 2.55. The third-order valence-corrected chi connectivity index (χ3v) is 3.13. The minimum atomic E-state index is 0.980.